The number of Topliss-reactive ketones (excluding diaryl/α,β-unsaturated/α-hetero) is 1. The molecule has 3 rings (SSSR count). The van der Waals surface area contributed by atoms with Gasteiger partial charge in [-0.15, -0.1) is 0 Å². The van der Waals surface area contributed by atoms with E-state index in [1.54, 1.807) is 11.8 Å². The lowest BCUT2D eigenvalue weighted by Crippen LogP contribution is -2.23. The normalized spacial score (nSPS) is 11.4. The Morgan fingerprint density at radius 2 is 1.20 bits per heavy atom. The Bertz CT molecular complexity index is 1070. The second-order valence-electron chi connectivity index (χ2n) is 8.06. The third kappa shape index (κ3) is 5.11. The number of carbonyl (C=O) groups excluding carboxylic acids is 2. The predicted molar refractivity (Wildman–Crippen MR) is 128 cm³/mol. The smallest absolute Gasteiger partial charge is 0.193 e. The topological polar surface area (TPSA) is 34.1 Å². The molecule has 0 spiro atoms. The molecule has 0 aliphatic carbocycles. The molecular weight excluding hydrogens is 456 g/mol. The molecule has 0 atom stereocenters. The van der Waals surface area contributed by atoms with Gasteiger partial charge >= 0.3 is 0 Å². The van der Waals surface area contributed by atoms with Crippen LogP contribution in [0.2, 0.25) is 0 Å². The standard InChI is InChI=1S/C26H25BrO2S/c1-16-14-17(2)23(18(3)15-16)24(28)19-6-10-21(11-7-19)30-22-12-8-20(9-13-22)25(29)26(4,5)27/h6-15H,1-5H3. The highest BCUT2D eigenvalue weighted by atomic mass is 79.9. The van der Waals surface area contributed by atoms with E-state index in [2.05, 4.69) is 28.1 Å². The van der Waals surface area contributed by atoms with Crippen LogP contribution in [0.4, 0.5) is 0 Å². The molecule has 3 aromatic carbocycles. The summed E-state index contributed by atoms with van der Waals surface area (Å²) in [5.74, 6) is 0.116. The zero-order valence-corrected chi connectivity index (χ0v) is 20.3. The highest BCUT2D eigenvalue weighted by Gasteiger charge is 2.24. The molecule has 0 N–H and O–H groups in total. The van der Waals surface area contributed by atoms with Gasteiger partial charge in [-0.2, -0.15) is 0 Å². The quantitative estimate of drug-likeness (QED) is 0.273. The van der Waals surface area contributed by atoms with Gasteiger partial charge in [0, 0.05) is 26.5 Å². The summed E-state index contributed by atoms with van der Waals surface area (Å²) in [6.07, 6.45) is 0. The van der Waals surface area contributed by atoms with Crippen molar-refractivity contribution in [2.45, 2.75) is 48.7 Å². The molecule has 0 saturated carbocycles. The van der Waals surface area contributed by atoms with Crippen LogP contribution in [0.1, 0.15) is 56.8 Å². The second-order valence-corrected chi connectivity index (χ2v) is 11.2. The van der Waals surface area contributed by atoms with E-state index in [0.29, 0.717) is 11.1 Å². The van der Waals surface area contributed by atoms with Crippen LogP contribution in [0.3, 0.4) is 0 Å². The number of alkyl halides is 1. The summed E-state index contributed by atoms with van der Waals surface area (Å²) < 4.78 is -0.571. The minimum atomic E-state index is -0.571. The first-order valence-corrected chi connectivity index (χ1v) is 11.4. The predicted octanol–water partition coefficient (Wildman–Crippen LogP) is 7.35. The number of hydrogen-bond donors (Lipinski definition) is 0. The Morgan fingerprint density at radius 1 is 0.767 bits per heavy atom. The molecule has 0 aliphatic rings. The number of ketones is 2. The van der Waals surface area contributed by atoms with Gasteiger partial charge < -0.3 is 0 Å². The summed E-state index contributed by atoms with van der Waals surface area (Å²) in [5.41, 5.74) is 5.35. The Kier molecular flexibility index (Phi) is 6.68. The molecule has 0 aromatic heterocycles. The van der Waals surface area contributed by atoms with Crippen LogP contribution < -0.4 is 0 Å². The third-order valence-electron chi connectivity index (χ3n) is 4.91. The lowest BCUT2D eigenvalue weighted by atomic mass is 9.93. The van der Waals surface area contributed by atoms with Gasteiger partial charge in [0.25, 0.3) is 0 Å². The maximum atomic E-state index is 13.0. The molecule has 0 amide bonds. The van der Waals surface area contributed by atoms with E-state index in [1.807, 2.05) is 83.1 Å². The van der Waals surface area contributed by atoms with Crippen molar-refractivity contribution >= 4 is 39.3 Å². The lowest BCUT2D eigenvalue weighted by Gasteiger charge is -2.14. The second kappa shape index (κ2) is 8.91. The third-order valence-corrected chi connectivity index (χ3v) is 6.29. The minimum Gasteiger partial charge on any atom is -0.293 e. The van der Waals surface area contributed by atoms with Gasteiger partial charge in [0.1, 0.15) is 0 Å². The average molecular weight is 481 g/mol. The van der Waals surface area contributed by atoms with Gasteiger partial charge in [0.05, 0.1) is 4.32 Å². The van der Waals surface area contributed by atoms with Crippen LogP contribution >= 0.6 is 27.7 Å². The monoisotopic (exact) mass is 480 g/mol. The van der Waals surface area contributed by atoms with Crippen molar-refractivity contribution in [1.82, 2.24) is 0 Å². The van der Waals surface area contributed by atoms with E-state index in [1.165, 1.54) is 5.56 Å². The van der Waals surface area contributed by atoms with Crippen LogP contribution in [-0.2, 0) is 0 Å². The van der Waals surface area contributed by atoms with E-state index in [9.17, 15) is 9.59 Å². The van der Waals surface area contributed by atoms with Gasteiger partial charge in [0.2, 0.25) is 0 Å². The molecule has 0 heterocycles. The molecule has 0 fully saturated rings. The Labute approximate surface area is 191 Å². The van der Waals surface area contributed by atoms with E-state index in [-0.39, 0.29) is 11.6 Å². The molecule has 0 bridgehead atoms. The summed E-state index contributed by atoms with van der Waals surface area (Å²) in [7, 11) is 0. The Hall–Kier alpha value is -2.17. The molecule has 4 heteroatoms. The maximum Gasteiger partial charge on any atom is 0.193 e. The highest BCUT2D eigenvalue weighted by molar-refractivity contribution is 9.10. The zero-order valence-electron chi connectivity index (χ0n) is 17.9. The minimum absolute atomic E-state index is 0.0572. The average Bonchev–Trinajstić information content (AvgIpc) is 2.67. The zero-order chi connectivity index (χ0) is 22.1. The van der Waals surface area contributed by atoms with Gasteiger partial charge in [-0.1, -0.05) is 57.5 Å². The van der Waals surface area contributed by atoms with Crippen LogP contribution in [-0.4, -0.2) is 15.9 Å². The van der Waals surface area contributed by atoms with E-state index >= 15 is 0 Å². The van der Waals surface area contributed by atoms with Crippen LogP contribution in [0.5, 0.6) is 0 Å². The fraction of sp³-hybridized carbons (Fsp3) is 0.231. The highest BCUT2D eigenvalue weighted by Crippen LogP contribution is 2.30. The molecule has 0 saturated heterocycles. The maximum absolute atomic E-state index is 13.0. The number of aryl methyl sites for hydroxylation is 3. The van der Waals surface area contributed by atoms with Gasteiger partial charge in [-0.3, -0.25) is 9.59 Å². The summed E-state index contributed by atoms with van der Waals surface area (Å²) >= 11 is 5.02. The molecule has 30 heavy (non-hydrogen) atoms. The van der Waals surface area contributed by atoms with Crippen molar-refractivity contribution in [2.24, 2.45) is 0 Å². The number of carbonyl (C=O) groups is 2. The van der Waals surface area contributed by atoms with Gasteiger partial charge in [-0.25, -0.2) is 0 Å². The van der Waals surface area contributed by atoms with E-state index < -0.39 is 4.32 Å². The number of benzene rings is 3. The summed E-state index contributed by atoms with van der Waals surface area (Å²) in [6, 6.07) is 19.4. The van der Waals surface area contributed by atoms with Crippen molar-refractivity contribution in [3.63, 3.8) is 0 Å². The molecule has 0 radical (unpaired) electrons. The summed E-state index contributed by atoms with van der Waals surface area (Å²) in [4.78, 5) is 27.4. The van der Waals surface area contributed by atoms with Crippen molar-refractivity contribution in [3.05, 3.63) is 94.0 Å². The first kappa shape index (κ1) is 22.5. The molecule has 0 unspecified atom stereocenters. The van der Waals surface area contributed by atoms with Crippen molar-refractivity contribution in [2.75, 3.05) is 0 Å². The number of halogens is 1. The fourth-order valence-electron chi connectivity index (χ4n) is 3.51. The Morgan fingerprint density at radius 3 is 1.63 bits per heavy atom. The largest absolute Gasteiger partial charge is 0.293 e. The van der Waals surface area contributed by atoms with Crippen molar-refractivity contribution < 1.29 is 9.59 Å². The Balaban J connectivity index is 1.75. The SMILES string of the molecule is Cc1cc(C)c(C(=O)c2ccc(Sc3ccc(C(=O)C(C)(C)Br)cc3)cc2)c(C)c1. The van der Waals surface area contributed by atoms with Crippen molar-refractivity contribution in [3.8, 4) is 0 Å². The van der Waals surface area contributed by atoms with Crippen LogP contribution in [0.15, 0.2) is 70.5 Å². The molecule has 0 aliphatic heterocycles. The van der Waals surface area contributed by atoms with Crippen LogP contribution in [0.25, 0.3) is 0 Å². The summed E-state index contributed by atoms with van der Waals surface area (Å²) in [5, 5.41) is 0. The molecule has 154 valence electrons. The lowest BCUT2D eigenvalue weighted by molar-refractivity contribution is 0.0960. The fourth-order valence-corrected chi connectivity index (χ4v) is 4.56. The molecule has 2 nitrogen and oxygen atoms in total. The number of rotatable bonds is 6. The van der Waals surface area contributed by atoms with Gasteiger partial charge in [0.15, 0.2) is 11.6 Å². The first-order valence-electron chi connectivity index (χ1n) is 9.80. The molecule has 3 aromatic rings. The van der Waals surface area contributed by atoms with Gasteiger partial charge in [-0.05, 0) is 82.1 Å². The van der Waals surface area contributed by atoms with Crippen molar-refractivity contribution in [1.29, 1.82) is 0 Å². The number of hydrogen-bond acceptors (Lipinski definition) is 3. The van der Waals surface area contributed by atoms with E-state index in [4.69, 9.17) is 0 Å². The molecular formula is C26H25BrO2S. The van der Waals surface area contributed by atoms with E-state index in [0.717, 1.165) is 26.5 Å². The first-order chi connectivity index (χ1) is 14.1. The summed E-state index contributed by atoms with van der Waals surface area (Å²) in [6.45, 7) is 9.72. The van der Waals surface area contributed by atoms with Crippen LogP contribution in [0, 0.1) is 20.8 Å².